The molecule has 4 heteroatoms. The number of carbonyl (C=O) groups is 1. The maximum absolute atomic E-state index is 11.5. The molecule has 0 spiro atoms. The van der Waals surface area contributed by atoms with Gasteiger partial charge in [0.05, 0.1) is 12.8 Å². The molecule has 1 saturated carbocycles. The molecule has 3 nitrogen and oxygen atoms in total. The van der Waals surface area contributed by atoms with Crippen LogP contribution in [-0.2, 0) is 14.9 Å². The number of aromatic nitrogens is 1. The van der Waals surface area contributed by atoms with Crippen molar-refractivity contribution in [2.24, 2.45) is 0 Å². The Kier molecular flexibility index (Phi) is 2.19. The third kappa shape index (κ3) is 1.38. The summed E-state index contributed by atoms with van der Waals surface area (Å²) in [6.45, 7) is 0. The molecule has 1 aliphatic rings. The van der Waals surface area contributed by atoms with Crippen LogP contribution >= 0.6 is 11.6 Å². The Morgan fingerprint density at radius 3 is 2.79 bits per heavy atom. The van der Waals surface area contributed by atoms with E-state index in [0.29, 0.717) is 5.15 Å². The van der Waals surface area contributed by atoms with E-state index in [1.165, 1.54) is 7.11 Å². The van der Waals surface area contributed by atoms with Gasteiger partial charge in [-0.05, 0) is 25.0 Å². The zero-order valence-electron chi connectivity index (χ0n) is 7.79. The Morgan fingerprint density at radius 2 is 2.29 bits per heavy atom. The van der Waals surface area contributed by atoms with Crippen molar-refractivity contribution in [3.63, 3.8) is 0 Å². The fraction of sp³-hybridized carbons (Fsp3) is 0.400. The monoisotopic (exact) mass is 211 g/mol. The summed E-state index contributed by atoms with van der Waals surface area (Å²) < 4.78 is 4.75. The van der Waals surface area contributed by atoms with Gasteiger partial charge < -0.3 is 4.74 Å². The first-order valence-corrected chi connectivity index (χ1v) is 4.78. The summed E-state index contributed by atoms with van der Waals surface area (Å²) in [6, 6.07) is 5.31. The van der Waals surface area contributed by atoms with Crippen LogP contribution in [0.3, 0.4) is 0 Å². The maximum Gasteiger partial charge on any atom is 0.317 e. The number of carbonyl (C=O) groups excluding carboxylic acids is 1. The number of halogens is 1. The predicted molar refractivity (Wildman–Crippen MR) is 52.2 cm³/mol. The third-order valence-corrected chi connectivity index (χ3v) is 2.74. The van der Waals surface area contributed by atoms with Gasteiger partial charge in [-0.25, -0.2) is 4.98 Å². The molecule has 1 aromatic heterocycles. The molecule has 1 aliphatic carbocycles. The van der Waals surface area contributed by atoms with Crippen LogP contribution in [0.2, 0.25) is 5.15 Å². The normalized spacial score (nSPS) is 17.6. The SMILES string of the molecule is COC(=O)C1(c2cccc(Cl)n2)CC1. The second-order valence-electron chi connectivity index (χ2n) is 3.42. The number of ether oxygens (including phenoxy) is 1. The largest absolute Gasteiger partial charge is 0.468 e. The molecular weight excluding hydrogens is 202 g/mol. The van der Waals surface area contributed by atoms with Gasteiger partial charge >= 0.3 is 5.97 Å². The van der Waals surface area contributed by atoms with Crippen molar-refractivity contribution >= 4 is 17.6 Å². The highest BCUT2D eigenvalue weighted by molar-refractivity contribution is 6.29. The smallest absolute Gasteiger partial charge is 0.317 e. The van der Waals surface area contributed by atoms with Gasteiger partial charge in [-0.1, -0.05) is 17.7 Å². The molecule has 0 N–H and O–H groups in total. The fourth-order valence-corrected chi connectivity index (χ4v) is 1.72. The van der Waals surface area contributed by atoms with Gasteiger partial charge in [-0.15, -0.1) is 0 Å². The lowest BCUT2D eigenvalue weighted by Gasteiger charge is -2.11. The van der Waals surface area contributed by atoms with Gasteiger partial charge in [-0.2, -0.15) is 0 Å². The summed E-state index contributed by atoms with van der Waals surface area (Å²) in [5.74, 6) is -0.215. The number of hydrogen-bond acceptors (Lipinski definition) is 3. The van der Waals surface area contributed by atoms with Crippen molar-refractivity contribution in [1.29, 1.82) is 0 Å². The predicted octanol–water partition coefficient (Wildman–Crippen LogP) is 1.94. The van der Waals surface area contributed by atoms with E-state index in [0.717, 1.165) is 18.5 Å². The van der Waals surface area contributed by atoms with E-state index in [1.807, 2.05) is 6.07 Å². The van der Waals surface area contributed by atoms with Crippen LogP contribution in [0.1, 0.15) is 18.5 Å². The first-order valence-electron chi connectivity index (χ1n) is 4.40. The average molecular weight is 212 g/mol. The van der Waals surface area contributed by atoms with Crippen LogP contribution in [0.15, 0.2) is 18.2 Å². The van der Waals surface area contributed by atoms with Crippen LogP contribution in [0, 0.1) is 0 Å². The van der Waals surface area contributed by atoms with Crippen molar-refractivity contribution < 1.29 is 9.53 Å². The molecule has 1 fully saturated rings. The number of methoxy groups -OCH3 is 1. The number of hydrogen-bond donors (Lipinski definition) is 0. The molecule has 0 aromatic carbocycles. The third-order valence-electron chi connectivity index (χ3n) is 2.53. The molecule has 0 atom stereocenters. The summed E-state index contributed by atoms with van der Waals surface area (Å²) in [7, 11) is 1.40. The molecule has 2 rings (SSSR count). The van der Waals surface area contributed by atoms with E-state index >= 15 is 0 Å². The van der Waals surface area contributed by atoms with Crippen molar-refractivity contribution in [2.45, 2.75) is 18.3 Å². The van der Waals surface area contributed by atoms with Crippen molar-refractivity contribution in [1.82, 2.24) is 4.98 Å². The van der Waals surface area contributed by atoms with Crippen LogP contribution in [0.4, 0.5) is 0 Å². The van der Waals surface area contributed by atoms with Gasteiger partial charge in [-0.3, -0.25) is 4.79 Å². The molecule has 0 bridgehead atoms. The fourth-order valence-electron chi connectivity index (χ4n) is 1.56. The molecular formula is C10H10ClNO2. The van der Waals surface area contributed by atoms with Gasteiger partial charge in [0.25, 0.3) is 0 Å². The molecule has 74 valence electrons. The van der Waals surface area contributed by atoms with Crippen LogP contribution in [0.5, 0.6) is 0 Å². The zero-order valence-corrected chi connectivity index (χ0v) is 8.54. The maximum atomic E-state index is 11.5. The van der Waals surface area contributed by atoms with Gasteiger partial charge in [0, 0.05) is 0 Å². The average Bonchev–Trinajstić information content (AvgIpc) is 2.97. The topological polar surface area (TPSA) is 39.2 Å². The van der Waals surface area contributed by atoms with Gasteiger partial charge in [0.1, 0.15) is 10.6 Å². The van der Waals surface area contributed by atoms with Crippen LogP contribution < -0.4 is 0 Å². The molecule has 1 heterocycles. The van der Waals surface area contributed by atoms with Crippen molar-refractivity contribution in [3.05, 3.63) is 29.0 Å². The lowest BCUT2D eigenvalue weighted by Crippen LogP contribution is -2.22. The number of rotatable bonds is 2. The second-order valence-corrected chi connectivity index (χ2v) is 3.81. The highest BCUT2D eigenvalue weighted by Gasteiger charge is 2.53. The van der Waals surface area contributed by atoms with E-state index in [9.17, 15) is 4.79 Å². The Bertz CT molecular complexity index is 374. The minimum absolute atomic E-state index is 0.215. The van der Waals surface area contributed by atoms with E-state index in [1.54, 1.807) is 12.1 Å². The minimum atomic E-state index is -0.514. The summed E-state index contributed by atoms with van der Waals surface area (Å²) in [5, 5.41) is 0.415. The van der Waals surface area contributed by atoms with Gasteiger partial charge in [0.15, 0.2) is 0 Å². The molecule has 0 radical (unpaired) electrons. The molecule has 14 heavy (non-hydrogen) atoms. The first-order chi connectivity index (χ1) is 6.69. The number of esters is 1. The van der Waals surface area contributed by atoms with E-state index in [2.05, 4.69) is 4.98 Å². The Balaban J connectivity index is 2.35. The number of nitrogens with zero attached hydrogens (tertiary/aromatic N) is 1. The highest BCUT2D eigenvalue weighted by Crippen LogP contribution is 2.48. The standard InChI is InChI=1S/C10H10ClNO2/c1-14-9(13)10(5-6-10)7-3-2-4-8(11)12-7/h2-4H,5-6H2,1H3. The Labute approximate surface area is 87.0 Å². The van der Waals surface area contributed by atoms with Crippen LogP contribution in [0.25, 0.3) is 0 Å². The van der Waals surface area contributed by atoms with Gasteiger partial charge in [0.2, 0.25) is 0 Å². The molecule has 0 amide bonds. The lowest BCUT2D eigenvalue weighted by molar-refractivity contribution is -0.143. The second kappa shape index (κ2) is 3.24. The highest BCUT2D eigenvalue weighted by atomic mass is 35.5. The Hall–Kier alpha value is -1.09. The molecule has 1 aromatic rings. The molecule has 0 aliphatic heterocycles. The summed E-state index contributed by atoms with van der Waals surface area (Å²) in [4.78, 5) is 15.6. The van der Waals surface area contributed by atoms with Crippen molar-refractivity contribution in [2.75, 3.05) is 7.11 Å². The minimum Gasteiger partial charge on any atom is -0.468 e. The summed E-state index contributed by atoms with van der Waals surface area (Å²) >= 11 is 5.76. The zero-order chi connectivity index (χ0) is 10.2. The Morgan fingerprint density at radius 1 is 1.57 bits per heavy atom. The van der Waals surface area contributed by atoms with E-state index < -0.39 is 5.41 Å². The molecule has 0 saturated heterocycles. The first kappa shape index (κ1) is 9.46. The van der Waals surface area contributed by atoms with Crippen LogP contribution in [-0.4, -0.2) is 18.1 Å². The summed E-state index contributed by atoms with van der Waals surface area (Å²) in [6.07, 6.45) is 1.60. The lowest BCUT2D eigenvalue weighted by atomic mass is 10.0. The summed E-state index contributed by atoms with van der Waals surface area (Å²) in [5.41, 5.74) is 0.205. The molecule has 0 unspecified atom stereocenters. The van der Waals surface area contributed by atoms with E-state index in [-0.39, 0.29) is 5.97 Å². The van der Waals surface area contributed by atoms with Crippen molar-refractivity contribution in [3.8, 4) is 0 Å². The quantitative estimate of drug-likeness (QED) is 0.555. The number of pyridine rings is 1. The van der Waals surface area contributed by atoms with E-state index in [4.69, 9.17) is 16.3 Å².